The van der Waals surface area contributed by atoms with Crippen LogP contribution >= 0.6 is 15.9 Å². The van der Waals surface area contributed by atoms with E-state index >= 15 is 0 Å². The fourth-order valence-corrected chi connectivity index (χ4v) is 3.53. The molecule has 0 radical (unpaired) electrons. The molecule has 0 unspecified atom stereocenters. The highest BCUT2D eigenvalue weighted by Crippen LogP contribution is 2.35. The van der Waals surface area contributed by atoms with Crippen LogP contribution in [0, 0.1) is 0 Å². The van der Waals surface area contributed by atoms with Crippen LogP contribution in [0.2, 0.25) is 0 Å². The summed E-state index contributed by atoms with van der Waals surface area (Å²) < 4.78 is 12.0. The molecule has 1 saturated heterocycles. The Labute approximate surface area is 162 Å². The van der Waals surface area contributed by atoms with Crippen LogP contribution in [-0.4, -0.2) is 37.3 Å². The molecule has 1 amide bonds. The van der Waals surface area contributed by atoms with Crippen molar-refractivity contribution < 1.29 is 14.3 Å². The van der Waals surface area contributed by atoms with Crippen LogP contribution in [0.4, 0.5) is 0 Å². The van der Waals surface area contributed by atoms with E-state index in [9.17, 15) is 4.79 Å². The molecule has 0 atom stereocenters. The molecule has 0 saturated carbocycles. The summed E-state index contributed by atoms with van der Waals surface area (Å²) in [6.07, 6.45) is 3.36. The number of amides is 1. The van der Waals surface area contributed by atoms with Crippen molar-refractivity contribution in [3.8, 4) is 5.88 Å². The largest absolute Gasteiger partial charge is 0.478 e. The number of carbonyl (C=O) groups is 1. The first-order valence-electron chi connectivity index (χ1n) is 8.84. The number of hydrogen-bond donors (Lipinski definition) is 1. The van der Waals surface area contributed by atoms with Crippen molar-refractivity contribution >= 4 is 21.8 Å². The summed E-state index contributed by atoms with van der Waals surface area (Å²) >= 11 is 3.49. The number of benzene rings is 1. The Balaban J connectivity index is 1.74. The first-order chi connectivity index (χ1) is 12.6. The highest BCUT2D eigenvalue weighted by molar-refractivity contribution is 9.10. The zero-order chi connectivity index (χ0) is 18.4. The molecule has 3 rings (SSSR count). The van der Waals surface area contributed by atoms with E-state index in [-0.39, 0.29) is 11.3 Å². The van der Waals surface area contributed by atoms with Gasteiger partial charge in [0.05, 0.1) is 6.61 Å². The van der Waals surface area contributed by atoms with Gasteiger partial charge in [-0.2, -0.15) is 0 Å². The van der Waals surface area contributed by atoms with E-state index < -0.39 is 0 Å². The SMILES string of the molecule is CCOc1cc(C(=O)NCC2(c3ccc(Br)cc3)CCOCC2)ccn1. The van der Waals surface area contributed by atoms with Gasteiger partial charge in [0.15, 0.2) is 0 Å². The maximum Gasteiger partial charge on any atom is 0.251 e. The van der Waals surface area contributed by atoms with Gasteiger partial charge in [0.1, 0.15) is 0 Å². The number of nitrogens with zero attached hydrogens (tertiary/aromatic N) is 1. The Morgan fingerprint density at radius 1 is 1.27 bits per heavy atom. The molecule has 26 heavy (non-hydrogen) atoms. The average Bonchev–Trinajstić information content (AvgIpc) is 2.68. The van der Waals surface area contributed by atoms with E-state index in [0.29, 0.717) is 37.8 Å². The molecule has 1 aliphatic rings. The van der Waals surface area contributed by atoms with Gasteiger partial charge in [-0.1, -0.05) is 28.1 Å². The molecule has 1 aliphatic heterocycles. The summed E-state index contributed by atoms with van der Waals surface area (Å²) in [5, 5.41) is 3.10. The Morgan fingerprint density at radius 3 is 2.69 bits per heavy atom. The maximum atomic E-state index is 12.6. The van der Waals surface area contributed by atoms with Gasteiger partial charge in [-0.25, -0.2) is 4.98 Å². The molecular weight excluding hydrogens is 396 g/mol. The van der Waals surface area contributed by atoms with Crippen LogP contribution < -0.4 is 10.1 Å². The third-order valence-corrected chi connectivity index (χ3v) is 5.31. The molecule has 1 N–H and O–H groups in total. The quantitative estimate of drug-likeness (QED) is 0.776. The van der Waals surface area contributed by atoms with Gasteiger partial charge in [-0.15, -0.1) is 0 Å². The highest BCUT2D eigenvalue weighted by atomic mass is 79.9. The lowest BCUT2D eigenvalue weighted by Crippen LogP contribution is -2.44. The molecule has 6 heteroatoms. The lowest BCUT2D eigenvalue weighted by molar-refractivity contribution is 0.0487. The summed E-state index contributed by atoms with van der Waals surface area (Å²) in [5.41, 5.74) is 1.68. The molecular formula is C20H23BrN2O3. The summed E-state index contributed by atoms with van der Waals surface area (Å²) in [5.74, 6) is 0.352. The van der Waals surface area contributed by atoms with Gasteiger partial charge in [0, 0.05) is 47.5 Å². The van der Waals surface area contributed by atoms with E-state index in [4.69, 9.17) is 9.47 Å². The number of halogens is 1. The van der Waals surface area contributed by atoms with Crippen molar-refractivity contribution in [3.05, 3.63) is 58.2 Å². The van der Waals surface area contributed by atoms with Crippen LogP contribution in [-0.2, 0) is 10.2 Å². The molecule has 1 aromatic carbocycles. The first kappa shape index (κ1) is 18.9. The Bertz CT molecular complexity index is 743. The molecule has 5 nitrogen and oxygen atoms in total. The number of nitrogens with one attached hydrogen (secondary N) is 1. The second-order valence-electron chi connectivity index (χ2n) is 6.40. The molecule has 0 spiro atoms. The second kappa shape index (κ2) is 8.64. The van der Waals surface area contributed by atoms with Crippen LogP contribution in [0.1, 0.15) is 35.7 Å². The maximum absolute atomic E-state index is 12.6. The topological polar surface area (TPSA) is 60.5 Å². The van der Waals surface area contributed by atoms with Crippen molar-refractivity contribution in [3.63, 3.8) is 0 Å². The lowest BCUT2D eigenvalue weighted by Gasteiger charge is -2.38. The first-order valence-corrected chi connectivity index (χ1v) is 9.63. The van der Waals surface area contributed by atoms with E-state index in [1.807, 2.05) is 19.1 Å². The predicted octanol–water partition coefficient (Wildman–Crippen LogP) is 3.72. The second-order valence-corrected chi connectivity index (χ2v) is 7.31. The van der Waals surface area contributed by atoms with Crippen molar-refractivity contribution in [1.82, 2.24) is 10.3 Å². The number of rotatable bonds is 6. The van der Waals surface area contributed by atoms with E-state index in [1.165, 1.54) is 5.56 Å². The fraction of sp³-hybridized carbons (Fsp3) is 0.400. The monoisotopic (exact) mass is 418 g/mol. The van der Waals surface area contributed by atoms with E-state index in [0.717, 1.165) is 17.3 Å². The summed E-state index contributed by atoms with van der Waals surface area (Å²) in [7, 11) is 0. The Kier molecular flexibility index (Phi) is 6.27. The summed E-state index contributed by atoms with van der Waals surface area (Å²) in [4.78, 5) is 16.7. The molecule has 1 fully saturated rings. The van der Waals surface area contributed by atoms with Crippen LogP contribution in [0.25, 0.3) is 0 Å². The number of ether oxygens (including phenoxy) is 2. The fourth-order valence-electron chi connectivity index (χ4n) is 3.26. The lowest BCUT2D eigenvalue weighted by atomic mass is 9.74. The van der Waals surface area contributed by atoms with Gasteiger partial charge in [0.2, 0.25) is 5.88 Å². The number of carbonyl (C=O) groups excluding carboxylic acids is 1. The van der Waals surface area contributed by atoms with Gasteiger partial charge in [-0.3, -0.25) is 4.79 Å². The zero-order valence-electron chi connectivity index (χ0n) is 14.8. The molecule has 138 valence electrons. The number of hydrogen-bond acceptors (Lipinski definition) is 4. The molecule has 2 aromatic rings. The van der Waals surface area contributed by atoms with Crippen molar-refractivity contribution in [2.24, 2.45) is 0 Å². The minimum atomic E-state index is -0.115. The van der Waals surface area contributed by atoms with Crippen molar-refractivity contribution in [1.29, 1.82) is 0 Å². The summed E-state index contributed by atoms with van der Waals surface area (Å²) in [6.45, 7) is 4.39. The third-order valence-electron chi connectivity index (χ3n) is 4.78. The minimum Gasteiger partial charge on any atom is -0.478 e. The van der Waals surface area contributed by atoms with E-state index in [2.05, 4.69) is 38.4 Å². The Hall–Kier alpha value is -1.92. The van der Waals surface area contributed by atoms with Crippen LogP contribution in [0.15, 0.2) is 47.1 Å². The number of aromatic nitrogens is 1. The summed E-state index contributed by atoms with van der Waals surface area (Å²) in [6, 6.07) is 11.7. The molecule has 1 aromatic heterocycles. The smallest absolute Gasteiger partial charge is 0.251 e. The molecule has 2 heterocycles. The van der Waals surface area contributed by atoms with Crippen molar-refractivity contribution in [2.45, 2.75) is 25.2 Å². The molecule has 0 aliphatic carbocycles. The van der Waals surface area contributed by atoms with E-state index in [1.54, 1.807) is 18.3 Å². The molecule has 0 bridgehead atoms. The zero-order valence-corrected chi connectivity index (χ0v) is 16.4. The van der Waals surface area contributed by atoms with Gasteiger partial charge in [-0.05, 0) is 43.5 Å². The normalized spacial score (nSPS) is 16.1. The average molecular weight is 419 g/mol. The highest BCUT2D eigenvalue weighted by Gasteiger charge is 2.34. The third kappa shape index (κ3) is 4.43. The van der Waals surface area contributed by atoms with Crippen LogP contribution in [0.5, 0.6) is 5.88 Å². The minimum absolute atomic E-state index is 0.107. The van der Waals surface area contributed by atoms with Gasteiger partial charge >= 0.3 is 0 Å². The standard InChI is InChI=1S/C20H23BrN2O3/c1-2-26-18-13-15(7-10-22-18)19(24)23-14-20(8-11-25-12-9-20)16-3-5-17(21)6-4-16/h3-7,10,13H,2,8-9,11-12,14H2,1H3,(H,23,24). The van der Waals surface area contributed by atoms with Crippen LogP contribution in [0.3, 0.4) is 0 Å². The predicted molar refractivity (Wildman–Crippen MR) is 104 cm³/mol. The van der Waals surface area contributed by atoms with Gasteiger partial charge in [0.25, 0.3) is 5.91 Å². The van der Waals surface area contributed by atoms with Crippen molar-refractivity contribution in [2.75, 3.05) is 26.4 Å². The number of pyridine rings is 1. The Morgan fingerprint density at radius 2 is 2.00 bits per heavy atom. The van der Waals surface area contributed by atoms with Gasteiger partial charge < -0.3 is 14.8 Å².